The molecule has 1 aliphatic rings. The summed E-state index contributed by atoms with van der Waals surface area (Å²) in [4.78, 5) is 14.6. The number of piperazine rings is 1. The zero-order chi connectivity index (χ0) is 24.1. The quantitative estimate of drug-likeness (QED) is 0.415. The summed E-state index contributed by atoms with van der Waals surface area (Å²) in [7, 11) is -1.93. The van der Waals surface area contributed by atoms with E-state index in [4.69, 9.17) is 4.74 Å². The van der Waals surface area contributed by atoms with E-state index in [1.807, 2.05) is 48.2 Å². The van der Waals surface area contributed by atoms with Crippen LogP contribution in [0.15, 0.2) is 70.7 Å². The molecule has 0 aromatic heterocycles. The number of hydrogen-bond donors (Lipinski definition) is 1. The van der Waals surface area contributed by atoms with Gasteiger partial charge in [-0.15, -0.1) is 0 Å². The van der Waals surface area contributed by atoms with Crippen molar-refractivity contribution in [1.82, 2.24) is 14.6 Å². The molecule has 178 valence electrons. The SMILES string of the molecule is COc1ccc2ccccc2c1/C=N\NC(=O)CN1CCN(S(=O)(=O)c2ccc(C)cc2)CC1. The molecule has 1 saturated heterocycles. The van der Waals surface area contributed by atoms with Gasteiger partial charge in [0.15, 0.2) is 0 Å². The van der Waals surface area contributed by atoms with Crippen molar-refractivity contribution < 1.29 is 17.9 Å². The van der Waals surface area contributed by atoms with Crippen LogP contribution in [0.1, 0.15) is 11.1 Å². The number of nitrogens with zero attached hydrogens (tertiary/aromatic N) is 3. The molecule has 34 heavy (non-hydrogen) atoms. The molecule has 8 nitrogen and oxygen atoms in total. The molecule has 1 N–H and O–H groups in total. The van der Waals surface area contributed by atoms with Crippen molar-refractivity contribution in [3.63, 3.8) is 0 Å². The lowest BCUT2D eigenvalue weighted by Crippen LogP contribution is -2.50. The summed E-state index contributed by atoms with van der Waals surface area (Å²) in [6, 6.07) is 18.6. The Balaban J connectivity index is 1.33. The maximum atomic E-state index is 12.8. The number of ether oxygens (including phenoxy) is 1. The minimum absolute atomic E-state index is 0.141. The third-order valence-electron chi connectivity index (χ3n) is 5.89. The van der Waals surface area contributed by atoms with Crippen molar-refractivity contribution in [2.45, 2.75) is 11.8 Å². The third-order valence-corrected chi connectivity index (χ3v) is 7.80. The van der Waals surface area contributed by atoms with Crippen molar-refractivity contribution in [3.05, 3.63) is 71.8 Å². The number of hydrazone groups is 1. The molecule has 1 heterocycles. The fourth-order valence-corrected chi connectivity index (χ4v) is 5.40. The molecule has 0 spiro atoms. The summed E-state index contributed by atoms with van der Waals surface area (Å²) in [6.07, 6.45) is 1.59. The van der Waals surface area contributed by atoms with Crippen LogP contribution in [0.3, 0.4) is 0 Å². The maximum Gasteiger partial charge on any atom is 0.254 e. The van der Waals surface area contributed by atoms with Gasteiger partial charge in [0.1, 0.15) is 5.75 Å². The summed E-state index contributed by atoms with van der Waals surface area (Å²) in [5, 5.41) is 6.16. The number of carbonyl (C=O) groups excluding carboxylic acids is 1. The van der Waals surface area contributed by atoms with E-state index in [1.54, 1.807) is 37.6 Å². The van der Waals surface area contributed by atoms with Gasteiger partial charge in [0.05, 0.1) is 24.8 Å². The van der Waals surface area contributed by atoms with E-state index < -0.39 is 10.0 Å². The molecule has 0 unspecified atom stereocenters. The highest BCUT2D eigenvalue weighted by Gasteiger charge is 2.28. The standard InChI is InChI=1S/C25H28N4O4S/c1-19-7-10-21(11-8-19)34(31,32)29-15-13-28(14-16-29)18-25(30)27-26-17-23-22-6-4-3-5-20(22)9-12-24(23)33-2/h3-12,17H,13-16,18H2,1-2H3,(H,27,30)/b26-17-. The molecule has 0 radical (unpaired) electrons. The highest BCUT2D eigenvalue weighted by Crippen LogP contribution is 2.26. The Kier molecular flexibility index (Phi) is 7.26. The second kappa shape index (κ2) is 10.3. The second-order valence-corrected chi connectivity index (χ2v) is 10.1. The van der Waals surface area contributed by atoms with Gasteiger partial charge in [0, 0.05) is 31.7 Å². The van der Waals surface area contributed by atoms with Crippen LogP contribution in [-0.2, 0) is 14.8 Å². The summed E-state index contributed by atoms with van der Waals surface area (Å²) in [5.74, 6) is 0.410. The largest absolute Gasteiger partial charge is 0.496 e. The Bertz CT molecular complexity index is 1300. The monoisotopic (exact) mass is 480 g/mol. The highest BCUT2D eigenvalue weighted by atomic mass is 32.2. The molecule has 1 aliphatic heterocycles. The Morgan fingerprint density at radius 1 is 1.03 bits per heavy atom. The van der Waals surface area contributed by atoms with Crippen LogP contribution in [0.2, 0.25) is 0 Å². The Morgan fingerprint density at radius 2 is 1.74 bits per heavy atom. The van der Waals surface area contributed by atoms with Gasteiger partial charge >= 0.3 is 0 Å². The number of nitrogens with one attached hydrogen (secondary N) is 1. The summed E-state index contributed by atoms with van der Waals surface area (Å²) < 4.78 is 32.6. The predicted octanol–water partition coefficient (Wildman–Crippen LogP) is 2.61. The van der Waals surface area contributed by atoms with Crippen molar-refractivity contribution in [2.24, 2.45) is 5.10 Å². The minimum atomic E-state index is -3.53. The first kappa shape index (κ1) is 23.9. The topological polar surface area (TPSA) is 91.3 Å². The Labute approximate surface area is 199 Å². The third kappa shape index (κ3) is 5.27. The van der Waals surface area contributed by atoms with Gasteiger partial charge in [0.2, 0.25) is 10.0 Å². The average Bonchev–Trinajstić information content (AvgIpc) is 2.84. The number of carbonyl (C=O) groups is 1. The molecule has 1 amide bonds. The zero-order valence-corrected chi connectivity index (χ0v) is 20.1. The van der Waals surface area contributed by atoms with Crippen LogP contribution >= 0.6 is 0 Å². The summed E-state index contributed by atoms with van der Waals surface area (Å²) >= 11 is 0. The number of amides is 1. The Hall–Kier alpha value is -3.27. The number of benzene rings is 3. The maximum absolute atomic E-state index is 12.8. The van der Waals surface area contributed by atoms with Crippen LogP contribution in [-0.4, -0.2) is 69.6 Å². The van der Waals surface area contributed by atoms with Crippen LogP contribution < -0.4 is 10.2 Å². The number of fused-ring (bicyclic) bond motifs is 1. The predicted molar refractivity (Wildman–Crippen MR) is 133 cm³/mol. The van der Waals surface area contributed by atoms with Gasteiger partial charge in [-0.1, -0.05) is 48.0 Å². The van der Waals surface area contributed by atoms with Crippen molar-refractivity contribution >= 4 is 32.9 Å². The van der Waals surface area contributed by atoms with E-state index in [9.17, 15) is 13.2 Å². The van der Waals surface area contributed by atoms with E-state index in [0.717, 1.165) is 21.9 Å². The van der Waals surface area contributed by atoms with Crippen LogP contribution in [0.4, 0.5) is 0 Å². The summed E-state index contributed by atoms with van der Waals surface area (Å²) in [6.45, 7) is 3.67. The van der Waals surface area contributed by atoms with Crippen LogP contribution in [0.5, 0.6) is 5.75 Å². The number of rotatable bonds is 7. The van der Waals surface area contributed by atoms with E-state index in [0.29, 0.717) is 36.8 Å². The normalized spacial score (nSPS) is 15.6. The van der Waals surface area contributed by atoms with Gasteiger partial charge in [0.25, 0.3) is 5.91 Å². The Morgan fingerprint density at radius 3 is 2.44 bits per heavy atom. The smallest absolute Gasteiger partial charge is 0.254 e. The molecule has 3 aromatic carbocycles. The fraction of sp³-hybridized carbons (Fsp3) is 0.280. The van der Waals surface area contributed by atoms with Crippen LogP contribution in [0, 0.1) is 6.92 Å². The molecule has 0 saturated carbocycles. The first-order valence-electron chi connectivity index (χ1n) is 11.1. The highest BCUT2D eigenvalue weighted by molar-refractivity contribution is 7.89. The van der Waals surface area contributed by atoms with Gasteiger partial charge in [-0.05, 0) is 35.9 Å². The van der Waals surface area contributed by atoms with Gasteiger partial charge in [-0.25, -0.2) is 13.8 Å². The van der Waals surface area contributed by atoms with Crippen molar-refractivity contribution in [3.8, 4) is 5.75 Å². The molecular weight excluding hydrogens is 452 g/mol. The molecule has 0 atom stereocenters. The molecule has 0 bridgehead atoms. The van der Waals surface area contributed by atoms with Crippen LogP contribution in [0.25, 0.3) is 10.8 Å². The van der Waals surface area contributed by atoms with Crippen molar-refractivity contribution in [1.29, 1.82) is 0 Å². The molecule has 1 fully saturated rings. The molecular formula is C25H28N4O4S. The second-order valence-electron chi connectivity index (χ2n) is 8.19. The number of aryl methyl sites for hydroxylation is 1. The van der Waals surface area contributed by atoms with E-state index in [2.05, 4.69) is 10.5 Å². The zero-order valence-electron chi connectivity index (χ0n) is 19.3. The summed E-state index contributed by atoms with van der Waals surface area (Å²) in [5.41, 5.74) is 4.37. The first-order valence-corrected chi connectivity index (χ1v) is 12.5. The van der Waals surface area contributed by atoms with E-state index >= 15 is 0 Å². The lowest BCUT2D eigenvalue weighted by molar-refractivity contribution is -0.122. The van der Waals surface area contributed by atoms with Gasteiger partial charge in [-0.2, -0.15) is 9.41 Å². The lowest BCUT2D eigenvalue weighted by atomic mass is 10.0. The number of hydrogen-bond acceptors (Lipinski definition) is 6. The molecule has 9 heteroatoms. The van der Waals surface area contributed by atoms with E-state index in [-0.39, 0.29) is 12.5 Å². The van der Waals surface area contributed by atoms with Crippen molar-refractivity contribution in [2.75, 3.05) is 39.8 Å². The molecule has 4 rings (SSSR count). The lowest BCUT2D eigenvalue weighted by Gasteiger charge is -2.33. The fourth-order valence-electron chi connectivity index (χ4n) is 3.98. The number of methoxy groups -OCH3 is 1. The van der Waals surface area contributed by atoms with Gasteiger partial charge in [-0.3, -0.25) is 9.69 Å². The van der Waals surface area contributed by atoms with Gasteiger partial charge < -0.3 is 4.74 Å². The molecule has 0 aliphatic carbocycles. The average molecular weight is 481 g/mol. The number of sulfonamides is 1. The molecule has 3 aromatic rings. The van der Waals surface area contributed by atoms with E-state index in [1.165, 1.54) is 4.31 Å². The first-order chi connectivity index (χ1) is 16.4. The minimum Gasteiger partial charge on any atom is -0.496 e.